The van der Waals surface area contributed by atoms with Crippen LogP contribution in [0.5, 0.6) is 0 Å². The lowest BCUT2D eigenvalue weighted by Crippen LogP contribution is -2.47. The molecule has 0 N–H and O–H groups in total. The molecule has 136 valence electrons. The molecule has 1 aliphatic carbocycles. The van der Waals surface area contributed by atoms with E-state index in [0.29, 0.717) is 43.9 Å². The molecule has 6 heteroatoms. The van der Waals surface area contributed by atoms with Crippen LogP contribution in [0, 0.1) is 19.7 Å². The highest BCUT2D eigenvalue weighted by molar-refractivity contribution is 5.91. The molecule has 1 aromatic carbocycles. The number of halogens is 1. The SMILES string of the molecule is Cc1cc(C)nc([C@H]2CN(C(=O)C3(c4ccccc4F)CC3)CCO2)n1. The molecule has 1 saturated heterocycles. The van der Waals surface area contributed by atoms with Crippen molar-refractivity contribution in [3.05, 3.63) is 58.9 Å². The average Bonchev–Trinajstić information content (AvgIpc) is 3.42. The number of hydrogen-bond donors (Lipinski definition) is 0. The van der Waals surface area contributed by atoms with Crippen molar-refractivity contribution in [1.82, 2.24) is 14.9 Å². The summed E-state index contributed by atoms with van der Waals surface area (Å²) in [7, 11) is 0. The van der Waals surface area contributed by atoms with Gasteiger partial charge in [0.2, 0.25) is 5.91 Å². The van der Waals surface area contributed by atoms with E-state index in [9.17, 15) is 9.18 Å². The maximum absolute atomic E-state index is 14.3. The zero-order chi connectivity index (χ0) is 18.3. The third-order valence-electron chi connectivity index (χ3n) is 5.19. The lowest BCUT2D eigenvalue weighted by Gasteiger charge is -2.35. The fraction of sp³-hybridized carbons (Fsp3) is 0.450. The molecule has 2 fully saturated rings. The summed E-state index contributed by atoms with van der Waals surface area (Å²) in [6.07, 6.45) is 1.03. The largest absolute Gasteiger partial charge is 0.367 e. The number of carbonyl (C=O) groups excluding carboxylic acids is 1. The van der Waals surface area contributed by atoms with Gasteiger partial charge in [0.1, 0.15) is 11.9 Å². The van der Waals surface area contributed by atoms with E-state index in [0.717, 1.165) is 11.4 Å². The number of amides is 1. The van der Waals surface area contributed by atoms with Crippen LogP contribution in [0.3, 0.4) is 0 Å². The molecule has 0 bridgehead atoms. The molecule has 0 spiro atoms. The van der Waals surface area contributed by atoms with Gasteiger partial charge in [-0.25, -0.2) is 14.4 Å². The van der Waals surface area contributed by atoms with Crippen molar-refractivity contribution in [3.8, 4) is 0 Å². The first-order valence-electron chi connectivity index (χ1n) is 8.98. The van der Waals surface area contributed by atoms with Crippen molar-refractivity contribution in [2.45, 2.75) is 38.2 Å². The van der Waals surface area contributed by atoms with E-state index in [-0.39, 0.29) is 17.8 Å². The molecule has 26 heavy (non-hydrogen) atoms. The standard InChI is InChI=1S/C20H22FN3O2/c1-13-11-14(2)23-18(22-13)17-12-24(9-10-26-17)19(25)20(7-8-20)15-5-3-4-6-16(15)21/h3-6,11,17H,7-10,12H2,1-2H3/t17-/m1/s1. The van der Waals surface area contributed by atoms with Crippen molar-refractivity contribution in [2.24, 2.45) is 0 Å². The van der Waals surface area contributed by atoms with E-state index in [1.54, 1.807) is 23.1 Å². The average molecular weight is 355 g/mol. The minimum absolute atomic E-state index is 0.0136. The van der Waals surface area contributed by atoms with Gasteiger partial charge < -0.3 is 9.64 Å². The smallest absolute Gasteiger partial charge is 0.233 e. The number of morpholine rings is 1. The molecular formula is C20H22FN3O2. The lowest BCUT2D eigenvalue weighted by molar-refractivity contribution is -0.142. The predicted molar refractivity (Wildman–Crippen MR) is 94.1 cm³/mol. The molecule has 4 rings (SSSR count). The van der Waals surface area contributed by atoms with Crippen LogP contribution in [0.4, 0.5) is 4.39 Å². The molecule has 2 aromatic rings. The first-order chi connectivity index (χ1) is 12.5. The first-order valence-corrected chi connectivity index (χ1v) is 8.98. The highest BCUT2D eigenvalue weighted by Gasteiger charge is 2.54. The van der Waals surface area contributed by atoms with Crippen molar-refractivity contribution < 1.29 is 13.9 Å². The zero-order valence-corrected chi connectivity index (χ0v) is 15.0. The van der Waals surface area contributed by atoms with Gasteiger partial charge in [-0.2, -0.15) is 0 Å². The topological polar surface area (TPSA) is 55.3 Å². The Balaban J connectivity index is 1.56. The maximum Gasteiger partial charge on any atom is 0.233 e. The van der Waals surface area contributed by atoms with Crippen molar-refractivity contribution in [1.29, 1.82) is 0 Å². The number of hydrogen-bond acceptors (Lipinski definition) is 4. The number of aromatic nitrogens is 2. The Hall–Kier alpha value is -2.34. The summed E-state index contributed by atoms with van der Waals surface area (Å²) >= 11 is 0. The molecule has 1 aliphatic heterocycles. The summed E-state index contributed by atoms with van der Waals surface area (Å²) in [5.74, 6) is 0.289. The minimum Gasteiger partial charge on any atom is -0.367 e. The Morgan fingerprint density at radius 3 is 2.58 bits per heavy atom. The molecule has 1 aromatic heterocycles. The second-order valence-corrected chi connectivity index (χ2v) is 7.18. The van der Waals surface area contributed by atoms with Crippen molar-refractivity contribution >= 4 is 5.91 Å². The van der Waals surface area contributed by atoms with Crippen molar-refractivity contribution in [3.63, 3.8) is 0 Å². The van der Waals surface area contributed by atoms with E-state index < -0.39 is 5.41 Å². The van der Waals surface area contributed by atoms with Gasteiger partial charge in [0.25, 0.3) is 0 Å². The third-order valence-corrected chi connectivity index (χ3v) is 5.19. The van der Waals surface area contributed by atoms with Gasteiger partial charge in [-0.3, -0.25) is 4.79 Å². The summed E-state index contributed by atoms with van der Waals surface area (Å²) in [4.78, 5) is 23.9. The van der Waals surface area contributed by atoms with Crippen LogP contribution in [0.1, 0.15) is 41.7 Å². The predicted octanol–water partition coefficient (Wildman–Crippen LogP) is 2.86. The Bertz CT molecular complexity index is 830. The van der Waals surface area contributed by atoms with Gasteiger partial charge in [0.05, 0.1) is 18.6 Å². The Morgan fingerprint density at radius 2 is 1.92 bits per heavy atom. The van der Waals surface area contributed by atoms with E-state index in [2.05, 4.69) is 9.97 Å². The summed E-state index contributed by atoms with van der Waals surface area (Å²) < 4.78 is 20.1. The monoisotopic (exact) mass is 355 g/mol. The Kier molecular flexibility index (Phi) is 4.23. The van der Waals surface area contributed by atoms with E-state index in [4.69, 9.17) is 4.74 Å². The number of benzene rings is 1. The molecule has 1 amide bonds. The Morgan fingerprint density at radius 1 is 1.23 bits per heavy atom. The van der Waals surface area contributed by atoms with Gasteiger partial charge in [-0.05, 0) is 38.8 Å². The normalized spacial score (nSPS) is 21.5. The molecule has 1 atom stereocenters. The second kappa shape index (κ2) is 6.43. The molecule has 2 heterocycles. The van der Waals surface area contributed by atoms with E-state index >= 15 is 0 Å². The molecule has 2 aliphatic rings. The molecule has 1 saturated carbocycles. The van der Waals surface area contributed by atoms with Crippen LogP contribution >= 0.6 is 0 Å². The van der Waals surface area contributed by atoms with Crippen LogP contribution in [0.15, 0.2) is 30.3 Å². The van der Waals surface area contributed by atoms with Gasteiger partial charge in [0.15, 0.2) is 5.82 Å². The summed E-state index contributed by atoms with van der Waals surface area (Å²) in [5, 5.41) is 0. The maximum atomic E-state index is 14.3. The summed E-state index contributed by atoms with van der Waals surface area (Å²) in [6.45, 7) is 5.18. The lowest BCUT2D eigenvalue weighted by atomic mass is 9.93. The van der Waals surface area contributed by atoms with Crippen LogP contribution in [0.2, 0.25) is 0 Å². The number of rotatable bonds is 3. The Labute approximate surface area is 152 Å². The number of nitrogens with zero attached hydrogens (tertiary/aromatic N) is 3. The highest BCUT2D eigenvalue weighted by atomic mass is 19.1. The van der Waals surface area contributed by atoms with Crippen LogP contribution in [0.25, 0.3) is 0 Å². The number of aryl methyl sites for hydroxylation is 2. The fourth-order valence-electron chi connectivity index (χ4n) is 3.76. The molecular weight excluding hydrogens is 333 g/mol. The highest BCUT2D eigenvalue weighted by Crippen LogP contribution is 2.50. The quantitative estimate of drug-likeness (QED) is 0.850. The third kappa shape index (κ3) is 2.98. The van der Waals surface area contributed by atoms with E-state index in [1.807, 2.05) is 19.9 Å². The van der Waals surface area contributed by atoms with Crippen molar-refractivity contribution in [2.75, 3.05) is 19.7 Å². The summed E-state index contributed by atoms with van der Waals surface area (Å²) in [6, 6.07) is 8.50. The summed E-state index contributed by atoms with van der Waals surface area (Å²) in [5.41, 5.74) is 1.56. The van der Waals surface area contributed by atoms with Gasteiger partial charge >= 0.3 is 0 Å². The first kappa shape index (κ1) is 17.1. The number of carbonyl (C=O) groups is 1. The van der Waals surface area contributed by atoms with Crippen LogP contribution in [-0.2, 0) is 14.9 Å². The van der Waals surface area contributed by atoms with Crippen LogP contribution in [-0.4, -0.2) is 40.5 Å². The molecule has 5 nitrogen and oxygen atoms in total. The van der Waals surface area contributed by atoms with Gasteiger partial charge in [-0.1, -0.05) is 18.2 Å². The zero-order valence-electron chi connectivity index (χ0n) is 15.0. The van der Waals surface area contributed by atoms with Crippen LogP contribution < -0.4 is 0 Å². The van der Waals surface area contributed by atoms with E-state index in [1.165, 1.54) is 6.07 Å². The van der Waals surface area contributed by atoms with Gasteiger partial charge in [0, 0.05) is 23.5 Å². The molecule has 0 radical (unpaired) electrons. The second-order valence-electron chi connectivity index (χ2n) is 7.18. The van der Waals surface area contributed by atoms with Gasteiger partial charge in [-0.15, -0.1) is 0 Å². The fourth-order valence-corrected chi connectivity index (χ4v) is 3.76. The molecule has 0 unspecified atom stereocenters. The minimum atomic E-state index is -0.712. The number of ether oxygens (including phenoxy) is 1.